The number of hydrogen-bond donors (Lipinski definition) is 1. The molecule has 0 heterocycles. The number of aromatic carboxylic acids is 1. The van der Waals surface area contributed by atoms with Gasteiger partial charge in [0.2, 0.25) is 0 Å². The minimum atomic E-state index is -0.976. The van der Waals surface area contributed by atoms with E-state index in [1.54, 1.807) is 12.1 Å². The molecule has 0 atom stereocenters. The lowest BCUT2D eigenvalue weighted by Crippen LogP contribution is -2.03. The summed E-state index contributed by atoms with van der Waals surface area (Å²) >= 11 is 0. The Hall–Kier alpha value is -2.29. The Morgan fingerprint density at radius 2 is 2.06 bits per heavy atom. The maximum atomic E-state index is 11.2. The van der Waals surface area contributed by atoms with Crippen molar-refractivity contribution in [3.05, 3.63) is 54.1 Å². The molecule has 0 amide bonds. The topological polar surface area (TPSA) is 46.5 Å². The van der Waals surface area contributed by atoms with Crippen molar-refractivity contribution in [3.8, 4) is 5.75 Å². The molecule has 92 valence electrons. The number of benzene rings is 2. The van der Waals surface area contributed by atoms with E-state index in [-0.39, 0.29) is 5.56 Å². The molecule has 1 N–H and O–H groups in total. The molecule has 0 aliphatic heterocycles. The molecule has 0 unspecified atom stereocenters. The van der Waals surface area contributed by atoms with Gasteiger partial charge >= 0.3 is 5.97 Å². The number of carbonyl (C=O) groups is 1. The fourth-order valence-corrected chi connectivity index (χ4v) is 1.79. The highest BCUT2D eigenvalue weighted by Gasteiger charge is 2.14. The smallest absolute Gasteiger partial charge is 0.339 e. The van der Waals surface area contributed by atoms with E-state index in [4.69, 9.17) is 4.74 Å². The summed E-state index contributed by atoms with van der Waals surface area (Å²) in [5.41, 5.74) is 0.193. The van der Waals surface area contributed by atoms with Crippen molar-refractivity contribution in [3.63, 3.8) is 0 Å². The van der Waals surface area contributed by atoms with E-state index in [0.717, 1.165) is 10.8 Å². The number of carboxylic acids is 1. The number of carboxylic acid groups (broad SMARTS) is 1. The highest BCUT2D eigenvalue weighted by Crippen LogP contribution is 2.29. The summed E-state index contributed by atoms with van der Waals surface area (Å²) in [4.78, 5) is 11.2. The van der Waals surface area contributed by atoms with Crippen molar-refractivity contribution in [2.24, 2.45) is 0 Å². The molecule has 0 aliphatic carbocycles. The third-order valence-corrected chi connectivity index (χ3v) is 2.67. The standard InChI is InChI=1S/C15H14O3/c1-2-3-10-18-14-12-7-5-4-6-11(12)8-9-13(14)15(16)17/h2-9H,10H2,1H3,(H,16,17)/b3-2+. The second-order valence-electron chi connectivity index (χ2n) is 3.85. The molecule has 0 fully saturated rings. The van der Waals surface area contributed by atoms with Crippen molar-refractivity contribution in [2.75, 3.05) is 6.61 Å². The predicted octanol–water partition coefficient (Wildman–Crippen LogP) is 3.49. The molecule has 0 aromatic heterocycles. The molecule has 0 radical (unpaired) electrons. The van der Waals surface area contributed by atoms with Gasteiger partial charge in [0.05, 0.1) is 0 Å². The summed E-state index contributed by atoms with van der Waals surface area (Å²) in [6, 6.07) is 11.0. The van der Waals surface area contributed by atoms with E-state index in [1.165, 1.54) is 0 Å². The second-order valence-corrected chi connectivity index (χ2v) is 3.85. The molecular weight excluding hydrogens is 228 g/mol. The average Bonchev–Trinajstić information content (AvgIpc) is 2.38. The summed E-state index contributed by atoms with van der Waals surface area (Å²) in [6.45, 7) is 2.26. The van der Waals surface area contributed by atoms with Gasteiger partial charge in [0, 0.05) is 5.39 Å². The van der Waals surface area contributed by atoms with Crippen LogP contribution in [0.25, 0.3) is 10.8 Å². The van der Waals surface area contributed by atoms with E-state index in [0.29, 0.717) is 12.4 Å². The Labute approximate surface area is 105 Å². The van der Waals surface area contributed by atoms with Crippen LogP contribution in [0.15, 0.2) is 48.6 Å². The summed E-state index contributed by atoms with van der Waals surface area (Å²) in [6.07, 6.45) is 3.71. The largest absolute Gasteiger partial charge is 0.488 e. The van der Waals surface area contributed by atoms with Gasteiger partial charge in [-0.15, -0.1) is 0 Å². The zero-order valence-corrected chi connectivity index (χ0v) is 10.1. The molecular formula is C15H14O3. The fraction of sp³-hybridized carbons (Fsp3) is 0.133. The van der Waals surface area contributed by atoms with Crippen LogP contribution >= 0.6 is 0 Å². The zero-order valence-electron chi connectivity index (χ0n) is 10.1. The average molecular weight is 242 g/mol. The molecule has 0 saturated heterocycles. The Bertz CT molecular complexity index is 600. The molecule has 2 rings (SSSR count). The highest BCUT2D eigenvalue weighted by atomic mass is 16.5. The van der Waals surface area contributed by atoms with E-state index in [2.05, 4.69) is 0 Å². The van der Waals surface area contributed by atoms with Crippen molar-refractivity contribution in [2.45, 2.75) is 6.92 Å². The lowest BCUT2D eigenvalue weighted by molar-refractivity contribution is 0.0693. The van der Waals surface area contributed by atoms with Gasteiger partial charge in [0.15, 0.2) is 0 Å². The van der Waals surface area contributed by atoms with Crippen molar-refractivity contribution < 1.29 is 14.6 Å². The Morgan fingerprint density at radius 1 is 1.28 bits per heavy atom. The van der Waals surface area contributed by atoms with Crippen LogP contribution in [0, 0.1) is 0 Å². The van der Waals surface area contributed by atoms with E-state index in [1.807, 2.05) is 43.3 Å². The molecule has 2 aromatic rings. The van der Waals surface area contributed by atoms with Crippen LogP contribution in [0.2, 0.25) is 0 Å². The first-order valence-corrected chi connectivity index (χ1v) is 5.73. The summed E-state index contributed by atoms with van der Waals surface area (Å²) in [7, 11) is 0. The zero-order chi connectivity index (χ0) is 13.0. The number of rotatable bonds is 4. The first-order chi connectivity index (χ1) is 8.74. The first kappa shape index (κ1) is 12.2. The van der Waals surface area contributed by atoms with Gasteiger partial charge in [-0.05, 0) is 18.4 Å². The highest BCUT2D eigenvalue weighted by molar-refractivity contribution is 6.00. The monoisotopic (exact) mass is 242 g/mol. The van der Waals surface area contributed by atoms with Gasteiger partial charge < -0.3 is 9.84 Å². The second kappa shape index (κ2) is 5.36. The number of ether oxygens (including phenoxy) is 1. The fourth-order valence-electron chi connectivity index (χ4n) is 1.79. The van der Waals surface area contributed by atoms with Crippen LogP contribution in [-0.2, 0) is 0 Å². The third kappa shape index (κ3) is 2.35. The summed E-state index contributed by atoms with van der Waals surface area (Å²) in [5.74, 6) is -0.546. The SMILES string of the molecule is C/C=C/COc1c(C(=O)O)ccc2ccccc12. The Kier molecular flexibility index (Phi) is 3.63. The van der Waals surface area contributed by atoms with Crippen molar-refractivity contribution >= 4 is 16.7 Å². The third-order valence-electron chi connectivity index (χ3n) is 2.67. The maximum absolute atomic E-state index is 11.2. The summed E-state index contributed by atoms with van der Waals surface area (Å²) in [5, 5.41) is 11.0. The number of fused-ring (bicyclic) bond motifs is 1. The van der Waals surface area contributed by atoms with E-state index >= 15 is 0 Å². The van der Waals surface area contributed by atoms with Crippen LogP contribution in [0.4, 0.5) is 0 Å². The first-order valence-electron chi connectivity index (χ1n) is 5.73. The Balaban J connectivity index is 2.55. The van der Waals surface area contributed by atoms with Gasteiger partial charge in [-0.25, -0.2) is 4.79 Å². The predicted molar refractivity (Wildman–Crippen MR) is 71.2 cm³/mol. The van der Waals surface area contributed by atoms with Gasteiger partial charge in [0.25, 0.3) is 0 Å². The van der Waals surface area contributed by atoms with Gasteiger partial charge in [-0.1, -0.05) is 42.5 Å². The van der Waals surface area contributed by atoms with Crippen LogP contribution in [-0.4, -0.2) is 17.7 Å². The minimum Gasteiger partial charge on any atom is -0.488 e. The molecule has 0 bridgehead atoms. The van der Waals surface area contributed by atoms with Crippen LogP contribution in [0.1, 0.15) is 17.3 Å². The molecule has 2 aromatic carbocycles. The normalized spacial score (nSPS) is 10.9. The number of allylic oxidation sites excluding steroid dienone is 1. The molecule has 0 aliphatic rings. The van der Waals surface area contributed by atoms with Crippen molar-refractivity contribution in [1.29, 1.82) is 0 Å². The molecule has 3 nitrogen and oxygen atoms in total. The van der Waals surface area contributed by atoms with E-state index in [9.17, 15) is 9.90 Å². The van der Waals surface area contributed by atoms with Gasteiger partial charge in [-0.2, -0.15) is 0 Å². The van der Waals surface area contributed by atoms with Gasteiger partial charge in [0.1, 0.15) is 17.9 Å². The molecule has 0 saturated carbocycles. The number of hydrogen-bond acceptors (Lipinski definition) is 2. The molecule has 3 heteroatoms. The maximum Gasteiger partial charge on any atom is 0.339 e. The van der Waals surface area contributed by atoms with Crippen LogP contribution < -0.4 is 4.74 Å². The quantitative estimate of drug-likeness (QED) is 0.835. The lowest BCUT2D eigenvalue weighted by atomic mass is 10.1. The minimum absolute atomic E-state index is 0.193. The summed E-state index contributed by atoms with van der Waals surface area (Å²) < 4.78 is 5.58. The van der Waals surface area contributed by atoms with Crippen LogP contribution in [0.5, 0.6) is 5.75 Å². The van der Waals surface area contributed by atoms with E-state index < -0.39 is 5.97 Å². The van der Waals surface area contributed by atoms with Crippen LogP contribution in [0.3, 0.4) is 0 Å². The Morgan fingerprint density at radius 3 is 2.78 bits per heavy atom. The van der Waals surface area contributed by atoms with Gasteiger partial charge in [-0.3, -0.25) is 0 Å². The molecule has 18 heavy (non-hydrogen) atoms. The molecule has 0 spiro atoms. The lowest BCUT2D eigenvalue weighted by Gasteiger charge is -2.10. The van der Waals surface area contributed by atoms with Crippen molar-refractivity contribution in [1.82, 2.24) is 0 Å².